The topological polar surface area (TPSA) is 89.5 Å². The minimum Gasteiger partial charge on any atom is -0.463 e. The van der Waals surface area contributed by atoms with Crippen LogP contribution >= 0.6 is 0 Å². The maximum Gasteiger partial charge on any atom is 0.306 e. The van der Waals surface area contributed by atoms with E-state index < -0.39 is 5.97 Å². The highest BCUT2D eigenvalue weighted by molar-refractivity contribution is 5.89. The smallest absolute Gasteiger partial charge is 0.306 e. The fraction of sp³-hybridized carbons (Fsp3) is 0.615. The SMILES string of the molecule is CCC(=O)CCC(=O)OCC(CC)NC(=O)CCC(=O)[C@@H](C)c1ccc(CC(C)C)cc1. The van der Waals surface area contributed by atoms with E-state index in [1.54, 1.807) is 6.92 Å². The summed E-state index contributed by atoms with van der Waals surface area (Å²) in [7, 11) is 0. The van der Waals surface area contributed by atoms with E-state index >= 15 is 0 Å². The van der Waals surface area contributed by atoms with Crippen molar-refractivity contribution in [3.8, 4) is 0 Å². The van der Waals surface area contributed by atoms with Gasteiger partial charge in [0.05, 0.1) is 12.5 Å². The number of hydrogen-bond acceptors (Lipinski definition) is 5. The monoisotopic (exact) mass is 445 g/mol. The highest BCUT2D eigenvalue weighted by Crippen LogP contribution is 2.20. The minimum atomic E-state index is -0.442. The van der Waals surface area contributed by atoms with Crippen molar-refractivity contribution in [2.24, 2.45) is 5.92 Å². The van der Waals surface area contributed by atoms with E-state index in [9.17, 15) is 19.2 Å². The standard InChI is InChI=1S/C26H39NO5/c1-6-22(17-32-26(31)15-12-23(28)7-2)27-25(30)14-13-24(29)19(5)21-10-8-20(9-11-21)16-18(3)4/h8-11,18-19,22H,6-7,12-17H2,1-5H3,(H,27,30)/t19-,22?/m0/s1. The molecule has 0 aromatic heterocycles. The summed E-state index contributed by atoms with van der Waals surface area (Å²) in [5, 5.41) is 2.82. The van der Waals surface area contributed by atoms with Gasteiger partial charge in [-0.1, -0.05) is 58.9 Å². The van der Waals surface area contributed by atoms with Crippen molar-refractivity contribution in [2.75, 3.05) is 6.61 Å². The molecule has 1 rings (SSSR count). The summed E-state index contributed by atoms with van der Waals surface area (Å²) in [4.78, 5) is 47.8. The van der Waals surface area contributed by atoms with Crippen molar-refractivity contribution in [3.63, 3.8) is 0 Å². The zero-order chi connectivity index (χ0) is 24.1. The molecule has 0 aliphatic heterocycles. The van der Waals surface area contributed by atoms with Crippen LogP contribution < -0.4 is 5.32 Å². The number of esters is 1. The first kappa shape index (κ1) is 27.5. The van der Waals surface area contributed by atoms with Crippen LogP contribution in [0.5, 0.6) is 0 Å². The molecule has 0 saturated heterocycles. The van der Waals surface area contributed by atoms with Crippen molar-refractivity contribution in [2.45, 2.75) is 91.5 Å². The molecule has 1 N–H and O–H groups in total. The average Bonchev–Trinajstić information content (AvgIpc) is 2.77. The van der Waals surface area contributed by atoms with Crippen LogP contribution in [0.3, 0.4) is 0 Å². The number of Topliss-reactive ketones (excluding diaryl/α,β-unsaturated/α-hetero) is 2. The van der Waals surface area contributed by atoms with Gasteiger partial charge >= 0.3 is 5.97 Å². The zero-order valence-corrected chi connectivity index (χ0v) is 20.2. The zero-order valence-electron chi connectivity index (χ0n) is 20.2. The molecule has 0 radical (unpaired) electrons. The molecule has 0 heterocycles. The van der Waals surface area contributed by atoms with Gasteiger partial charge in [-0.15, -0.1) is 0 Å². The van der Waals surface area contributed by atoms with Crippen LogP contribution in [0.25, 0.3) is 0 Å². The minimum absolute atomic E-state index is 0.0210. The first-order valence-electron chi connectivity index (χ1n) is 11.7. The third kappa shape index (κ3) is 10.7. The van der Waals surface area contributed by atoms with Gasteiger partial charge in [-0.3, -0.25) is 19.2 Å². The van der Waals surface area contributed by atoms with Gasteiger partial charge in [-0.25, -0.2) is 0 Å². The van der Waals surface area contributed by atoms with Gasteiger partial charge in [0.15, 0.2) is 0 Å². The first-order valence-corrected chi connectivity index (χ1v) is 11.7. The molecule has 1 aromatic rings. The number of nitrogens with one attached hydrogen (secondary N) is 1. The second-order valence-electron chi connectivity index (χ2n) is 8.78. The molecule has 6 heteroatoms. The van der Waals surface area contributed by atoms with Crippen molar-refractivity contribution in [3.05, 3.63) is 35.4 Å². The quantitative estimate of drug-likeness (QED) is 0.401. The van der Waals surface area contributed by atoms with Crippen molar-refractivity contribution in [1.82, 2.24) is 5.32 Å². The number of ether oxygens (including phenoxy) is 1. The van der Waals surface area contributed by atoms with Crippen LogP contribution in [-0.2, 0) is 30.3 Å². The van der Waals surface area contributed by atoms with E-state index in [1.165, 1.54) is 5.56 Å². The van der Waals surface area contributed by atoms with Gasteiger partial charge in [-0.05, 0) is 29.9 Å². The predicted molar refractivity (Wildman–Crippen MR) is 125 cm³/mol. The summed E-state index contributed by atoms with van der Waals surface area (Å²) >= 11 is 0. The lowest BCUT2D eigenvalue weighted by molar-refractivity contribution is -0.146. The third-order valence-corrected chi connectivity index (χ3v) is 5.51. The Morgan fingerprint density at radius 1 is 0.906 bits per heavy atom. The second kappa shape index (κ2) is 14.5. The Morgan fingerprint density at radius 3 is 2.12 bits per heavy atom. The highest BCUT2D eigenvalue weighted by atomic mass is 16.5. The molecule has 178 valence electrons. The molecule has 1 aromatic carbocycles. The summed E-state index contributed by atoms with van der Waals surface area (Å²) in [6, 6.07) is 7.81. The third-order valence-electron chi connectivity index (χ3n) is 5.51. The van der Waals surface area contributed by atoms with E-state index in [4.69, 9.17) is 4.74 Å². The normalized spacial score (nSPS) is 12.8. The number of carbonyl (C=O) groups excluding carboxylic acids is 4. The maximum atomic E-state index is 12.6. The molecule has 0 bridgehead atoms. The van der Waals surface area contributed by atoms with Gasteiger partial charge in [0, 0.05) is 31.6 Å². The number of carbonyl (C=O) groups is 4. The van der Waals surface area contributed by atoms with E-state index in [2.05, 4.69) is 31.3 Å². The molecule has 0 aliphatic rings. The van der Waals surface area contributed by atoms with Gasteiger partial charge in [0.2, 0.25) is 5.91 Å². The Labute approximate surface area is 192 Å². The van der Waals surface area contributed by atoms with Crippen LogP contribution in [0.15, 0.2) is 24.3 Å². The summed E-state index contributed by atoms with van der Waals surface area (Å²) in [6.45, 7) is 9.92. The van der Waals surface area contributed by atoms with Gasteiger partial charge in [0.1, 0.15) is 18.2 Å². The summed E-state index contributed by atoms with van der Waals surface area (Å²) in [6.07, 6.45) is 2.51. The maximum absolute atomic E-state index is 12.6. The van der Waals surface area contributed by atoms with Crippen LogP contribution in [0, 0.1) is 5.92 Å². The van der Waals surface area contributed by atoms with Gasteiger partial charge in [0.25, 0.3) is 0 Å². The number of ketones is 2. The van der Waals surface area contributed by atoms with E-state index in [-0.39, 0.29) is 61.7 Å². The lowest BCUT2D eigenvalue weighted by atomic mass is 9.92. The highest BCUT2D eigenvalue weighted by Gasteiger charge is 2.18. The molecule has 0 fully saturated rings. The Morgan fingerprint density at radius 2 is 1.56 bits per heavy atom. The molecular formula is C26H39NO5. The summed E-state index contributed by atoms with van der Waals surface area (Å²) < 4.78 is 5.17. The number of benzene rings is 1. The van der Waals surface area contributed by atoms with Crippen LogP contribution in [-0.4, -0.2) is 36.1 Å². The molecule has 1 unspecified atom stereocenters. The summed E-state index contributed by atoms with van der Waals surface area (Å²) in [5.74, 6) is -0.307. The fourth-order valence-electron chi connectivity index (χ4n) is 3.30. The fourth-order valence-corrected chi connectivity index (χ4v) is 3.30. The average molecular weight is 446 g/mol. The lowest BCUT2D eigenvalue weighted by Gasteiger charge is -2.17. The molecule has 0 aliphatic carbocycles. The molecule has 2 atom stereocenters. The van der Waals surface area contributed by atoms with Crippen LogP contribution in [0.4, 0.5) is 0 Å². The van der Waals surface area contributed by atoms with Crippen molar-refractivity contribution in [1.29, 1.82) is 0 Å². The van der Waals surface area contributed by atoms with E-state index in [0.717, 1.165) is 12.0 Å². The van der Waals surface area contributed by atoms with E-state index in [0.29, 0.717) is 18.8 Å². The Hall–Kier alpha value is -2.50. The summed E-state index contributed by atoms with van der Waals surface area (Å²) in [5.41, 5.74) is 2.22. The first-order chi connectivity index (χ1) is 15.2. The number of hydrogen-bond donors (Lipinski definition) is 1. The molecule has 32 heavy (non-hydrogen) atoms. The van der Waals surface area contributed by atoms with Gasteiger partial charge in [-0.2, -0.15) is 0 Å². The predicted octanol–water partition coefficient (Wildman–Crippen LogP) is 4.54. The Balaban J connectivity index is 2.41. The largest absolute Gasteiger partial charge is 0.463 e. The Kier molecular flexibility index (Phi) is 12.5. The molecule has 0 spiro atoms. The number of rotatable bonds is 15. The molecular weight excluding hydrogens is 406 g/mol. The molecule has 0 saturated carbocycles. The lowest BCUT2D eigenvalue weighted by Crippen LogP contribution is -2.38. The second-order valence-corrected chi connectivity index (χ2v) is 8.78. The molecule has 6 nitrogen and oxygen atoms in total. The van der Waals surface area contributed by atoms with E-state index in [1.807, 2.05) is 26.0 Å². The Bertz CT molecular complexity index is 754. The van der Waals surface area contributed by atoms with Crippen LogP contribution in [0.1, 0.15) is 90.2 Å². The van der Waals surface area contributed by atoms with Crippen molar-refractivity contribution >= 4 is 23.4 Å². The van der Waals surface area contributed by atoms with Crippen molar-refractivity contribution < 1.29 is 23.9 Å². The van der Waals surface area contributed by atoms with Gasteiger partial charge < -0.3 is 10.1 Å². The van der Waals surface area contributed by atoms with Crippen LogP contribution in [0.2, 0.25) is 0 Å². The number of amides is 1. The molecule has 1 amide bonds.